The molecule has 0 aliphatic heterocycles. The number of aromatic nitrogens is 3. The van der Waals surface area contributed by atoms with Crippen molar-refractivity contribution in [3.05, 3.63) is 36.0 Å². The highest BCUT2D eigenvalue weighted by atomic mass is 19.4. The fourth-order valence-electron chi connectivity index (χ4n) is 1.59. The van der Waals surface area contributed by atoms with Gasteiger partial charge in [0.25, 0.3) is 0 Å². The summed E-state index contributed by atoms with van der Waals surface area (Å²) >= 11 is 0. The Morgan fingerprint density at radius 3 is 2.55 bits per heavy atom. The van der Waals surface area contributed by atoms with Gasteiger partial charge in [0.05, 0.1) is 18.4 Å². The van der Waals surface area contributed by atoms with Gasteiger partial charge in [0.15, 0.2) is 5.82 Å². The van der Waals surface area contributed by atoms with Gasteiger partial charge in [0.1, 0.15) is 0 Å². The van der Waals surface area contributed by atoms with Crippen LogP contribution in [0.4, 0.5) is 30.6 Å². The lowest BCUT2D eigenvalue weighted by atomic mass is 10.2. The molecule has 1 aromatic heterocycles. The van der Waals surface area contributed by atoms with Crippen LogP contribution in [-0.4, -0.2) is 35.4 Å². The second kappa shape index (κ2) is 7.03. The number of methoxy groups -OCH3 is 1. The van der Waals surface area contributed by atoms with Crippen molar-refractivity contribution in [3.63, 3.8) is 0 Å². The molecule has 2 rings (SSSR count). The van der Waals surface area contributed by atoms with Crippen molar-refractivity contribution < 1.29 is 17.9 Å². The molecule has 118 valence electrons. The first kappa shape index (κ1) is 16.0. The van der Waals surface area contributed by atoms with Crippen LogP contribution in [0.15, 0.2) is 30.5 Å². The number of alkyl halides is 3. The SMILES string of the molecule is COCCNc1cnnc(Nc2ccc(C(F)(F)F)cc2)n1. The molecule has 0 unspecified atom stereocenters. The summed E-state index contributed by atoms with van der Waals surface area (Å²) in [5.74, 6) is 0.670. The molecule has 0 spiro atoms. The van der Waals surface area contributed by atoms with Gasteiger partial charge in [0.2, 0.25) is 5.95 Å². The van der Waals surface area contributed by atoms with Gasteiger partial charge in [-0.25, -0.2) is 0 Å². The summed E-state index contributed by atoms with van der Waals surface area (Å²) in [6.45, 7) is 1.06. The summed E-state index contributed by atoms with van der Waals surface area (Å²) in [5.41, 5.74) is -0.282. The van der Waals surface area contributed by atoms with Gasteiger partial charge in [-0.15, -0.1) is 5.10 Å². The van der Waals surface area contributed by atoms with E-state index >= 15 is 0 Å². The van der Waals surface area contributed by atoms with Crippen molar-refractivity contribution in [2.24, 2.45) is 0 Å². The predicted molar refractivity (Wildman–Crippen MR) is 74.9 cm³/mol. The van der Waals surface area contributed by atoms with E-state index in [9.17, 15) is 13.2 Å². The molecule has 0 amide bonds. The predicted octanol–water partition coefficient (Wildman–Crippen LogP) is 2.69. The lowest BCUT2D eigenvalue weighted by Gasteiger charge is -2.09. The van der Waals surface area contributed by atoms with Crippen molar-refractivity contribution in [1.82, 2.24) is 15.2 Å². The first-order valence-corrected chi connectivity index (χ1v) is 6.36. The normalized spacial score (nSPS) is 11.3. The number of nitrogens with zero attached hydrogens (tertiary/aromatic N) is 3. The third-order valence-electron chi connectivity index (χ3n) is 2.64. The average Bonchev–Trinajstić information content (AvgIpc) is 2.48. The Labute approximate surface area is 124 Å². The maximum absolute atomic E-state index is 12.5. The molecule has 9 heteroatoms. The molecule has 0 aliphatic rings. The highest BCUT2D eigenvalue weighted by Crippen LogP contribution is 2.30. The molecule has 0 atom stereocenters. The quantitative estimate of drug-likeness (QED) is 0.799. The Balaban J connectivity index is 2.02. The second-order valence-corrected chi connectivity index (χ2v) is 4.28. The van der Waals surface area contributed by atoms with E-state index in [4.69, 9.17) is 4.74 Å². The fourth-order valence-corrected chi connectivity index (χ4v) is 1.59. The smallest absolute Gasteiger partial charge is 0.383 e. The van der Waals surface area contributed by atoms with E-state index in [1.165, 1.54) is 18.3 Å². The molecular formula is C13H14F3N5O. The van der Waals surface area contributed by atoms with E-state index in [0.29, 0.717) is 24.7 Å². The molecule has 1 aromatic carbocycles. The van der Waals surface area contributed by atoms with Crippen LogP contribution >= 0.6 is 0 Å². The van der Waals surface area contributed by atoms with Gasteiger partial charge in [-0.3, -0.25) is 0 Å². The minimum absolute atomic E-state index is 0.183. The molecule has 6 nitrogen and oxygen atoms in total. The Hall–Kier alpha value is -2.42. The topological polar surface area (TPSA) is 72.0 Å². The first-order chi connectivity index (χ1) is 10.5. The minimum Gasteiger partial charge on any atom is -0.383 e. The van der Waals surface area contributed by atoms with Crippen LogP contribution in [0.5, 0.6) is 0 Å². The summed E-state index contributed by atoms with van der Waals surface area (Å²) in [7, 11) is 1.58. The van der Waals surface area contributed by atoms with Crippen LogP contribution in [-0.2, 0) is 10.9 Å². The van der Waals surface area contributed by atoms with Gasteiger partial charge < -0.3 is 15.4 Å². The number of benzene rings is 1. The maximum atomic E-state index is 12.5. The average molecular weight is 313 g/mol. The van der Waals surface area contributed by atoms with E-state index < -0.39 is 11.7 Å². The monoisotopic (exact) mass is 313 g/mol. The Morgan fingerprint density at radius 1 is 1.18 bits per heavy atom. The van der Waals surface area contributed by atoms with Crippen LogP contribution < -0.4 is 10.6 Å². The molecule has 1 heterocycles. The zero-order valence-corrected chi connectivity index (χ0v) is 11.7. The summed E-state index contributed by atoms with van der Waals surface area (Å²) < 4.78 is 42.3. The van der Waals surface area contributed by atoms with Gasteiger partial charge in [-0.2, -0.15) is 23.3 Å². The van der Waals surface area contributed by atoms with Crippen molar-refractivity contribution in [3.8, 4) is 0 Å². The van der Waals surface area contributed by atoms with Gasteiger partial charge in [-0.1, -0.05) is 0 Å². The summed E-state index contributed by atoms with van der Waals surface area (Å²) in [6.07, 6.45) is -2.92. The lowest BCUT2D eigenvalue weighted by molar-refractivity contribution is -0.137. The van der Waals surface area contributed by atoms with Crippen molar-refractivity contribution >= 4 is 17.5 Å². The van der Waals surface area contributed by atoms with Gasteiger partial charge in [0, 0.05) is 19.3 Å². The first-order valence-electron chi connectivity index (χ1n) is 6.36. The number of rotatable bonds is 6. The Kier molecular flexibility index (Phi) is 5.10. The van der Waals surface area contributed by atoms with Gasteiger partial charge >= 0.3 is 6.18 Å². The third kappa shape index (κ3) is 4.55. The molecule has 2 N–H and O–H groups in total. The number of ether oxygens (including phenoxy) is 1. The molecule has 0 bridgehead atoms. The molecule has 0 fully saturated rings. The molecule has 0 aliphatic carbocycles. The molecule has 2 aromatic rings. The van der Waals surface area contributed by atoms with Crippen molar-refractivity contribution in [1.29, 1.82) is 0 Å². The van der Waals surface area contributed by atoms with Crippen LogP contribution in [0.25, 0.3) is 0 Å². The van der Waals surface area contributed by atoms with E-state index in [1.54, 1.807) is 7.11 Å². The van der Waals surface area contributed by atoms with Crippen molar-refractivity contribution in [2.45, 2.75) is 6.18 Å². The number of hydrogen-bond acceptors (Lipinski definition) is 6. The second-order valence-electron chi connectivity index (χ2n) is 4.28. The zero-order valence-electron chi connectivity index (χ0n) is 11.7. The minimum atomic E-state index is -4.36. The Bertz CT molecular complexity index is 603. The van der Waals surface area contributed by atoms with E-state index in [-0.39, 0.29) is 5.95 Å². The summed E-state index contributed by atoms with van der Waals surface area (Å²) in [4.78, 5) is 4.14. The molecule has 0 saturated heterocycles. The molecular weight excluding hydrogens is 299 g/mol. The highest BCUT2D eigenvalue weighted by Gasteiger charge is 2.29. The third-order valence-corrected chi connectivity index (χ3v) is 2.64. The fraction of sp³-hybridized carbons (Fsp3) is 0.308. The zero-order chi connectivity index (χ0) is 16.0. The van der Waals surface area contributed by atoms with E-state index in [1.807, 2.05) is 0 Å². The Morgan fingerprint density at radius 2 is 1.91 bits per heavy atom. The number of anilines is 3. The number of hydrogen-bond donors (Lipinski definition) is 2. The number of nitrogens with one attached hydrogen (secondary N) is 2. The molecule has 0 saturated carbocycles. The lowest BCUT2D eigenvalue weighted by Crippen LogP contribution is -2.10. The highest BCUT2D eigenvalue weighted by molar-refractivity contribution is 5.54. The molecule has 0 radical (unpaired) electrons. The number of halogens is 3. The van der Waals surface area contributed by atoms with Crippen LogP contribution in [0, 0.1) is 0 Å². The van der Waals surface area contributed by atoms with Crippen LogP contribution in [0.1, 0.15) is 5.56 Å². The van der Waals surface area contributed by atoms with Crippen LogP contribution in [0.3, 0.4) is 0 Å². The van der Waals surface area contributed by atoms with Gasteiger partial charge in [-0.05, 0) is 24.3 Å². The maximum Gasteiger partial charge on any atom is 0.416 e. The van der Waals surface area contributed by atoms with Crippen molar-refractivity contribution in [2.75, 3.05) is 30.9 Å². The summed E-state index contributed by atoms with van der Waals surface area (Å²) in [5, 5.41) is 13.3. The van der Waals surface area contributed by atoms with E-state index in [0.717, 1.165) is 12.1 Å². The van der Waals surface area contributed by atoms with Crippen LogP contribution in [0.2, 0.25) is 0 Å². The molecule has 22 heavy (non-hydrogen) atoms. The van der Waals surface area contributed by atoms with E-state index in [2.05, 4.69) is 25.8 Å². The summed E-state index contributed by atoms with van der Waals surface area (Å²) in [6, 6.07) is 4.57. The largest absolute Gasteiger partial charge is 0.416 e. The standard InChI is InChI=1S/C13H14F3N5O/c1-22-7-6-17-11-8-18-21-12(20-11)19-10-4-2-9(3-5-10)13(14,15)16/h2-5,8H,6-7H2,1H3,(H2,17,19,20,21).